The smallest absolute Gasteiger partial charge is 0.197 e. The molecule has 0 bridgehead atoms. The highest BCUT2D eigenvalue weighted by Crippen LogP contribution is 2.36. The molecule has 0 saturated carbocycles. The zero-order chi connectivity index (χ0) is 17.6. The van der Waals surface area contributed by atoms with Crippen LogP contribution in [0.1, 0.15) is 11.1 Å². The van der Waals surface area contributed by atoms with E-state index in [1.54, 1.807) is 12.1 Å². The zero-order valence-electron chi connectivity index (χ0n) is 12.8. The molecule has 25 heavy (non-hydrogen) atoms. The molecule has 0 atom stereocenters. The van der Waals surface area contributed by atoms with E-state index < -0.39 is 0 Å². The van der Waals surface area contributed by atoms with E-state index >= 15 is 0 Å². The Kier molecular flexibility index (Phi) is 4.08. The molecular formula is C19H12Cl3N3. The van der Waals surface area contributed by atoms with Crippen molar-refractivity contribution in [1.29, 1.82) is 5.41 Å². The van der Waals surface area contributed by atoms with Crippen molar-refractivity contribution >= 4 is 75.1 Å². The van der Waals surface area contributed by atoms with Gasteiger partial charge in [-0.2, -0.15) is 0 Å². The van der Waals surface area contributed by atoms with Gasteiger partial charge >= 0.3 is 0 Å². The maximum Gasteiger partial charge on any atom is 0.197 e. The third kappa shape index (κ3) is 2.95. The molecule has 0 aliphatic heterocycles. The molecule has 0 spiro atoms. The zero-order valence-corrected chi connectivity index (χ0v) is 15.1. The molecule has 0 amide bonds. The minimum atomic E-state index is 0.114. The Balaban J connectivity index is 1.61. The van der Waals surface area contributed by atoms with Gasteiger partial charge in [0.25, 0.3) is 0 Å². The molecule has 0 fully saturated rings. The summed E-state index contributed by atoms with van der Waals surface area (Å²) in [7, 11) is 0. The highest BCUT2D eigenvalue weighted by Gasteiger charge is 2.14. The van der Waals surface area contributed by atoms with Crippen molar-refractivity contribution in [1.82, 2.24) is 0 Å². The van der Waals surface area contributed by atoms with E-state index in [0.29, 0.717) is 20.8 Å². The van der Waals surface area contributed by atoms with E-state index in [2.05, 4.69) is 34.9 Å². The summed E-state index contributed by atoms with van der Waals surface area (Å²) in [6.07, 6.45) is 4.14. The highest BCUT2D eigenvalue weighted by molar-refractivity contribution is 6.48. The van der Waals surface area contributed by atoms with Crippen LogP contribution >= 0.6 is 34.8 Å². The van der Waals surface area contributed by atoms with Gasteiger partial charge in [-0.15, -0.1) is 0 Å². The minimum absolute atomic E-state index is 0.114. The molecular weight excluding hydrogens is 377 g/mol. The summed E-state index contributed by atoms with van der Waals surface area (Å²) in [5.41, 5.74) is 3.71. The SMILES string of the molecule is N=C(Nc1cc(Cl)c(Cl)c(Cl)c1)Nc1ccc2cccc3c2c1C=C3. The summed E-state index contributed by atoms with van der Waals surface area (Å²) in [5.74, 6) is 0.114. The molecule has 3 aromatic rings. The first-order chi connectivity index (χ1) is 12.0. The van der Waals surface area contributed by atoms with E-state index in [-0.39, 0.29) is 5.96 Å². The van der Waals surface area contributed by atoms with Gasteiger partial charge in [0, 0.05) is 16.9 Å². The first-order valence-corrected chi connectivity index (χ1v) is 8.67. The average Bonchev–Trinajstić information content (AvgIpc) is 3.01. The van der Waals surface area contributed by atoms with E-state index in [9.17, 15) is 0 Å². The van der Waals surface area contributed by atoms with Gasteiger partial charge < -0.3 is 10.6 Å². The van der Waals surface area contributed by atoms with Crippen LogP contribution in [-0.2, 0) is 0 Å². The molecule has 0 unspecified atom stereocenters. The summed E-state index contributed by atoms with van der Waals surface area (Å²) in [6.45, 7) is 0. The normalized spacial score (nSPS) is 11.8. The highest BCUT2D eigenvalue weighted by atomic mass is 35.5. The lowest BCUT2D eigenvalue weighted by Crippen LogP contribution is -2.21. The number of hydrogen-bond acceptors (Lipinski definition) is 1. The van der Waals surface area contributed by atoms with Crippen molar-refractivity contribution < 1.29 is 0 Å². The van der Waals surface area contributed by atoms with Gasteiger partial charge in [0.15, 0.2) is 5.96 Å². The van der Waals surface area contributed by atoms with E-state index in [4.69, 9.17) is 40.2 Å². The molecule has 6 heteroatoms. The Hall–Kier alpha value is -2.20. The van der Waals surface area contributed by atoms with Gasteiger partial charge in [-0.1, -0.05) is 71.2 Å². The van der Waals surface area contributed by atoms with Crippen LogP contribution < -0.4 is 10.6 Å². The van der Waals surface area contributed by atoms with Crippen molar-refractivity contribution in [3.8, 4) is 0 Å². The molecule has 0 radical (unpaired) electrons. The van der Waals surface area contributed by atoms with E-state index in [1.165, 1.54) is 16.3 Å². The summed E-state index contributed by atoms with van der Waals surface area (Å²) < 4.78 is 0. The average molecular weight is 389 g/mol. The van der Waals surface area contributed by atoms with Crippen molar-refractivity contribution in [3.63, 3.8) is 0 Å². The Morgan fingerprint density at radius 2 is 1.64 bits per heavy atom. The number of guanidine groups is 1. The fourth-order valence-electron chi connectivity index (χ4n) is 2.97. The molecule has 124 valence electrons. The minimum Gasteiger partial charge on any atom is -0.326 e. The largest absolute Gasteiger partial charge is 0.326 e. The molecule has 3 aromatic carbocycles. The molecule has 3 N–H and O–H groups in total. The lowest BCUT2D eigenvalue weighted by atomic mass is 10.0. The Labute approximate surface area is 159 Å². The van der Waals surface area contributed by atoms with Gasteiger partial charge in [0.1, 0.15) is 0 Å². The first-order valence-electron chi connectivity index (χ1n) is 7.54. The van der Waals surface area contributed by atoms with Gasteiger partial charge in [-0.05, 0) is 34.5 Å². The number of rotatable bonds is 2. The summed E-state index contributed by atoms with van der Waals surface area (Å²) >= 11 is 18.0. The first kappa shape index (κ1) is 16.3. The van der Waals surface area contributed by atoms with Crippen LogP contribution in [-0.4, -0.2) is 5.96 Å². The van der Waals surface area contributed by atoms with Gasteiger partial charge in [0.05, 0.1) is 15.1 Å². The molecule has 1 aliphatic rings. The van der Waals surface area contributed by atoms with Crippen LogP contribution in [0.3, 0.4) is 0 Å². The number of hydrogen-bond donors (Lipinski definition) is 3. The van der Waals surface area contributed by atoms with Crippen LogP contribution in [0.2, 0.25) is 15.1 Å². The van der Waals surface area contributed by atoms with Gasteiger partial charge in [0.2, 0.25) is 0 Å². The number of nitrogens with one attached hydrogen (secondary N) is 3. The third-order valence-corrected chi connectivity index (χ3v) is 5.26. The van der Waals surface area contributed by atoms with Crippen molar-refractivity contribution in [2.75, 3.05) is 10.6 Å². The maximum absolute atomic E-state index is 8.19. The van der Waals surface area contributed by atoms with Crippen LogP contribution in [0, 0.1) is 5.41 Å². The van der Waals surface area contributed by atoms with Crippen LogP contribution in [0.25, 0.3) is 22.9 Å². The quantitative estimate of drug-likeness (QED) is 0.202. The maximum atomic E-state index is 8.19. The second-order valence-electron chi connectivity index (χ2n) is 5.68. The predicted molar refractivity (Wildman–Crippen MR) is 109 cm³/mol. The Morgan fingerprint density at radius 3 is 2.40 bits per heavy atom. The summed E-state index contributed by atoms with van der Waals surface area (Å²) in [6, 6.07) is 13.5. The van der Waals surface area contributed by atoms with Crippen molar-refractivity contribution in [2.24, 2.45) is 0 Å². The Bertz CT molecular complexity index is 1030. The number of benzene rings is 3. The molecule has 1 aliphatic carbocycles. The number of halogens is 3. The summed E-state index contributed by atoms with van der Waals surface area (Å²) in [5, 5.41) is 17.6. The molecule has 0 aromatic heterocycles. The lowest BCUT2D eigenvalue weighted by Gasteiger charge is -2.14. The molecule has 4 rings (SSSR count). The van der Waals surface area contributed by atoms with E-state index in [0.717, 1.165) is 11.3 Å². The monoisotopic (exact) mass is 387 g/mol. The van der Waals surface area contributed by atoms with Crippen LogP contribution in [0.4, 0.5) is 11.4 Å². The second-order valence-corrected chi connectivity index (χ2v) is 6.88. The fraction of sp³-hybridized carbons (Fsp3) is 0. The third-order valence-electron chi connectivity index (χ3n) is 4.06. The van der Waals surface area contributed by atoms with Gasteiger partial charge in [-0.3, -0.25) is 5.41 Å². The fourth-order valence-corrected chi connectivity index (χ4v) is 3.56. The second kappa shape index (κ2) is 6.26. The van der Waals surface area contributed by atoms with Crippen molar-refractivity contribution in [3.05, 3.63) is 68.7 Å². The topological polar surface area (TPSA) is 47.9 Å². The van der Waals surface area contributed by atoms with Crippen molar-refractivity contribution in [2.45, 2.75) is 0 Å². The molecule has 3 nitrogen and oxygen atoms in total. The van der Waals surface area contributed by atoms with Gasteiger partial charge in [-0.25, -0.2) is 0 Å². The lowest BCUT2D eigenvalue weighted by molar-refractivity contribution is 1.43. The predicted octanol–water partition coefficient (Wildman–Crippen LogP) is 6.74. The number of anilines is 2. The van der Waals surface area contributed by atoms with E-state index in [1.807, 2.05) is 18.2 Å². The summed E-state index contributed by atoms with van der Waals surface area (Å²) in [4.78, 5) is 0. The van der Waals surface area contributed by atoms with Crippen LogP contribution in [0.15, 0.2) is 42.5 Å². The standard InChI is InChI=1S/C19H12Cl3N3/c20-14-8-12(9-15(21)18(14)22)24-19(23)25-16-7-5-11-3-1-2-10-4-6-13(16)17(10)11/h1-9H,(H3,23,24,25). The molecule has 0 saturated heterocycles. The van der Waals surface area contributed by atoms with Crippen LogP contribution in [0.5, 0.6) is 0 Å². The Morgan fingerprint density at radius 1 is 0.880 bits per heavy atom. The molecule has 0 heterocycles.